The van der Waals surface area contributed by atoms with E-state index in [1.807, 2.05) is 6.92 Å². The molecule has 1 unspecified atom stereocenters. The Bertz CT molecular complexity index is 544. The lowest BCUT2D eigenvalue weighted by Gasteiger charge is -2.02. The summed E-state index contributed by atoms with van der Waals surface area (Å²) in [5.74, 6) is 0.611. The van der Waals surface area contributed by atoms with Crippen molar-refractivity contribution >= 4 is 15.9 Å². The SMILES string of the molecule is CCC(N)Cc1noc(-c2ccc(F)c(Br)c2)n1. The summed E-state index contributed by atoms with van der Waals surface area (Å²) in [6.45, 7) is 2.00. The minimum absolute atomic E-state index is 0.0235. The van der Waals surface area contributed by atoms with Gasteiger partial charge in [-0.25, -0.2) is 4.39 Å². The average molecular weight is 314 g/mol. The number of nitrogens with two attached hydrogens (primary N) is 1. The first-order valence-electron chi connectivity index (χ1n) is 5.63. The van der Waals surface area contributed by atoms with Crippen molar-refractivity contribution in [1.82, 2.24) is 10.1 Å². The lowest BCUT2D eigenvalue weighted by molar-refractivity contribution is 0.419. The van der Waals surface area contributed by atoms with Gasteiger partial charge in [0.2, 0.25) is 0 Å². The van der Waals surface area contributed by atoms with E-state index in [0.29, 0.717) is 28.2 Å². The fourth-order valence-electron chi connectivity index (χ4n) is 1.46. The third-order valence-electron chi connectivity index (χ3n) is 2.60. The van der Waals surface area contributed by atoms with Crippen LogP contribution in [0.15, 0.2) is 27.2 Å². The molecule has 96 valence electrons. The maximum atomic E-state index is 13.1. The summed E-state index contributed by atoms with van der Waals surface area (Å²) in [5.41, 5.74) is 6.49. The molecule has 0 saturated carbocycles. The van der Waals surface area contributed by atoms with Crippen molar-refractivity contribution in [3.63, 3.8) is 0 Å². The van der Waals surface area contributed by atoms with E-state index in [1.54, 1.807) is 12.1 Å². The Morgan fingerprint density at radius 3 is 2.94 bits per heavy atom. The van der Waals surface area contributed by atoms with E-state index in [0.717, 1.165) is 6.42 Å². The summed E-state index contributed by atoms with van der Waals surface area (Å²) in [4.78, 5) is 4.24. The van der Waals surface area contributed by atoms with Gasteiger partial charge in [-0.15, -0.1) is 0 Å². The van der Waals surface area contributed by atoms with E-state index < -0.39 is 0 Å². The lowest BCUT2D eigenvalue weighted by atomic mass is 10.1. The molecule has 0 saturated heterocycles. The van der Waals surface area contributed by atoms with Gasteiger partial charge in [-0.2, -0.15) is 4.98 Å². The zero-order valence-corrected chi connectivity index (χ0v) is 11.4. The highest BCUT2D eigenvalue weighted by atomic mass is 79.9. The minimum Gasteiger partial charge on any atom is -0.334 e. The monoisotopic (exact) mass is 313 g/mol. The molecule has 0 radical (unpaired) electrons. The van der Waals surface area contributed by atoms with Crippen molar-refractivity contribution in [1.29, 1.82) is 0 Å². The fraction of sp³-hybridized carbons (Fsp3) is 0.333. The van der Waals surface area contributed by atoms with Crippen LogP contribution in [0.25, 0.3) is 11.5 Å². The molecule has 2 rings (SSSR count). The molecule has 0 aliphatic carbocycles. The Morgan fingerprint density at radius 2 is 2.28 bits per heavy atom. The average Bonchev–Trinajstić information content (AvgIpc) is 2.81. The summed E-state index contributed by atoms with van der Waals surface area (Å²) in [6, 6.07) is 4.57. The zero-order valence-electron chi connectivity index (χ0n) is 9.86. The summed E-state index contributed by atoms with van der Waals surface area (Å²) >= 11 is 3.12. The van der Waals surface area contributed by atoms with Gasteiger partial charge in [0.15, 0.2) is 5.82 Å². The molecule has 0 bridgehead atoms. The summed E-state index contributed by atoms with van der Waals surface area (Å²) in [5, 5.41) is 3.86. The molecule has 1 aromatic heterocycles. The Morgan fingerprint density at radius 1 is 1.50 bits per heavy atom. The van der Waals surface area contributed by atoms with Crippen LogP contribution in [0.4, 0.5) is 4.39 Å². The van der Waals surface area contributed by atoms with Gasteiger partial charge in [0, 0.05) is 18.0 Å². The Hall–Kier alpha value is -1.27. The normalized spacial score (nSPS) is 12.7. The maximum absolute atomic E-state index is 13.1. The molecule has 2 N–H and O–H groups in total. The molecule has 18 heavy (non-hydrogen) atoms. The molecule has 2 aromatic rings. The molecule has 1 atom stereocenters. The van der Waals surface area contributed by atoms with Crippen LogP contribution in [0, 0.1) is 5.82 Å². The molecule has 0 aliphatic rings. The summed E-state index contributed by atoms with van der Waals surface area (Å²) in [6.07, 6.45) is 1.42. The van der Waals surface area contributed by atoms with Crippen LogP contribution < -0.4 is 5.73 Å². The number of hydrogen-bond acceptors (Lipinski definition) is 4. The number of nitrogens with zero attached hydrogens (tertiary/aromatic N) is 2. The first kappa shape index (κ1) is 13.2. The zero-order chi connectivity index (χ0) is 13.1. The van der Waals surface area contributed by atoms with Crippen LogP contribution in [0.5, 0.6) is 0 Å². The third-order valence-corrected chi connectivity index (χ3v) is 3.21. The van der Waals surface area contributed by atoms with Crippen molar-refractivity contribution in [3.05, 3.63) is 34.3 Å². The predicted molar refractivity (Wildman–Crippen MR) is 69.4 cm³/mol. The summed E-state index contributed by atoms with van der Waals surface area (Å²) in [7, 11) is 0. The van der Waals surface area contributed by atoms with Crippen LogP contribution in [-0.4, -0.2) is 16.2 Å². The van der Waals surface area contributed by atoms with Gasteiger partial charge >= 0.3 is 0 Å². The molecule has 0 fully saturated rings. The molecule has 0 aliphatic heterocycles. The van der Waals surface area contributed by atoms with Crippen molar-refractivity contribution in [2.45, 2.75) is 25.8 Å². The highest BCUT2D eigenvalue weighted by Crippen LogP contribution is 2.24. The van der Waals surface area contributed by atoms with Crippen LogP contribution >= 0.6 is 15.9 Å². The largest absolute Gasteiger partial charge is 0.334 e. The van der Waals surface area contributed by atoms with Crippen LogP contribution in [-0.2, 0) is 6.42 Å². The number of benzene rings is 1. The predicted octanol–water partition coefficient (Wildman–Crippen LogP) is 2.92. The van der Waals surface area contributed by atoms with Crippen molar-refractivity contribution in [2.75, 3.05) is 0 Å². The Balaban J connectivity index is 2.21. The fourth-order valence-corrected chi connectivity index (χ4v) is 1.84. The van der Waals surface area contributed by atoms with Gasteiger partial charge in [-0.3, -0.25) is 0 Å². The van der Waals surface area contributed by atoms with E-state index in [4.69, 9.17) is 10.3 Å². The first-order chi connectivity index (χ1) is 8.60. The highest BCUT2D eigenvalue weighted by molar-refractivity contribution is 9.10. The second-order valence-electron chi connectivity index (χ2n) is 4.02. The molecule has 4 nitrogen and oxygen atoms in total. The van der Waals surface area contributed by atoms with Gasteiger partial charge < -0.3 is 10.3 Å². The quantitative estimate of drug-likeness (QED) is 0.942. The van der Waals surface area contributed by atoms with E-state index in [1.165, 1.54) is 6.07 Å². The number of halogens is 2. The molecule has 0 spiro atoms. The smallest absolute Gasteiger partial charge is 0.257 e. The minimum atomic E-state index is -0.327. The van der Waals surface area contributed by atoms with Gasteiger partial charge in [0.25, 0.3) is 5.89 Å². The van der Waals surface area contributed by atoms with Crippen LogP contribution in [0.3, 0.4) is 0 Å². The van der Waals surface area contributed by atoms with Gasteiger partial charge in [0.05, 0.1) is 4.47 Å². The maximum Gasteiger partial charge on any atom is 0.257 e. The summed E-state index contributed by atoms with van der Waals surface area (Å²) < 4.78 is 18.6. The first-order valence-corrected chi connectivity index (χ1v) is 6.43. The number of hydrogen-bond donors (Lipinski definition) is 1. The molecular weight excluding hydrogens is 301 g/mol. The third kappa shape index (κ3) is 2.94. The number of aromatic nitrogens is 2. The second-order valence-corrected chi connectivity index (χ2v) is 4.87. The van der Waals surface area contributed by atoms with Crippen molar-refractivity contribution < 1.29 is 8.91 Å². The molecule has 0 amide bonds. The van der Waals surface area contributed by atoms with Gasteiger partial charge in [0.1, 0.15) is 5.82 Å². The van der Waals surface area contributed by atoms with Crippen LogP contribution in [0.2, 0.25) is 0 Å². The topological polar surface area (TPSA) is 64.9 Å². The Kier molecular flexibility index (Phi) is 4.08. The van der Waals surface area contributed by atoms with Crippen LogP contribution in [0.1, 0.15) is 19.2 Å². The second kappa shape index (κ2) is 5.58. The standard InChI is InChI=1S/C12H13BrFN3O/c1-2-8(15)6-11-16-12(18-17-11)7-3-4-10(14)9(13)5-7/h3-5,8H,2,6,15H2,1H3. The Labute approximate surface area is 113 Å². The number of rotatable bonds is 4. The van der Waals surface area contributed by atoms with Crippen molar-refractivity contribution in [3.8, 4) is 11.5 Å². The van der Waals surface area contributed by atoms with Gasteiger partial charge in [-0.1, -0.05) is 12.1 Å². The lowest BCUT2D eigenvalue weighted by Crippen LogP contribution is -2.21. The van der Waals surface area contributed by atoms with E-state index >= 15 is 0 Å². The van der Waals surface area contributed by atoms with E-state index in [2.05, 4.69) is 26.1 Å². The highest BCUT2D eigenvalue weighted by Gasteiger charge is 2.12. The van der Waals surface area contributed by atoms with E-state index in [9.17, 15) is 4.39 Å². The molecule has 6 heteroatoms. The van der Waals surface area contributed by atoms with Crippen molar-refractivity contribution in [2.24, 2.45) is 5.73 Å². The molecular formula is C12H13BrFN3O. The molecule has 1 aromatic carbocycles. The molecule has 1 heterocycles. The van der Waals surface area contributed by atoms with E-state index in [-0.39, 0.29) is 11.9 Å². The van der Waals surface area contributed by atoms with Gasteiger partial charge in [-0.05, 0) is 40.5 Å².